The van der Waals surface area contributed by atoms with Crippen LogP contribution in [0.25, 0.3) is 0 Å². The number of rotatable bonds is 6. The van der Waals surface area contributed by atoms with Crippen molar-refractivity contribution in [2.45, 2.75) is 25.4 Å². The van der Waals surface area contributed by atoms with Gasteiger partial charge in [-0.1, -0.05) is 25.1 Å². The summed E-state index contributed by atoms with van der Waals surface area (Å²) in [5.74, 6) is -0.730. The summed E-state index contributed by atoms with van der Waals surface area (Å²) in [5, 5.41) is 5.53. The maximum absolute atomic E-state index is 12.9. The Morgan fingerprint density at radius 2 is 1.86 bits per heavy atom. The number of benzene rings is 1. The predicted octanol–water partition coefficient (Wildman–Crippen LogP) is 2.96. The van der Waals surface area contributed by atoms with Crippen LogP contribution in [0.2, 0.25) is 0 Å². The number of hydrogen-bond donors (Lipinski definition) is 2. The summed E-state index contributed by atoms with van der Waals surface area (Å²) in [5.41, 5.74) is -0.515. The molecule has 0 saturated carbocycles. The summed E-state index contributed by atoms with van der Waals surface area (Å²) < 4.78 is 38.7. The number of nitrogens with one attached hydrogen (secondary N) is 2. The molecule has 1 unspecified atom stereocenters. The summed E-state index contributed by atoms with van der Waals surface area (Å²) in [4.78, 5) is 11.6. The van der Waals surface area contributed by atoms with E-state index in [1.54, 1.807) is 20.0 Å². The van der Waals surface area contributed by atoms with Gasteiger partial charge in [-0.05, 0) is 24.6 Å². The Kier molecular flexibility index (Phi) is 8.36. The van der Waals surface area contributed by atoms with Crippen molar-refractivity contribution in [3.05, 3.63) is 35.4 Å². The number of carbonyl (C=O) groups is 1. The monoisotopic (exact) mass is 324 g/mol. The Balaban J connectivity index is 0.00000400. The summed E-state index contributed by atoms with van der Waals surface area (Å²) >= 11 is 0. The molecule has 0 aliphatic rings. The molecular formula is C14H20ClF3N2O. The molecule has 7 heteroatoms. The maximum Gasteiger partial charge on any atom is 0.416 e. The Morgan fingerprint density at radius 3 is 2.43 bits per heavy atom. The fourth-order valence-corrected chi connectivity index (χ4v) is 1.97. The van der Waals surface area contributed by atoms with Gasteiger partial charge in [-0.25, -0.2) is 0 Å². The normalized spacial score (nSPS) is 12.4. The molecule has 120 valence electrons. The second kappa shape index (κ2) is 8.89. The Labute approximate surface area is 128 Å². The third-order valence-electron chi connectivity index (χ3n) is 2.99. The van der Waals surface area contributed by atoms with Crippen LogP contribution in [0.5, 0.6) is 0 Å². The van der Waals surface area contributed by atoms with Gasteiger partial charge in [-0.2, -0.15) is 13.2 Å². The quantitative estimate of drug-likeness (QED) is 0.790. The highest BCUT2D eigenvalue weighted by Gasteiger charge is 2.34. The third kappa shape index (κ3) is 6.35. The van der Waals surface area contributed by atoms with Crippen molar-refractivity contribution in [1.82, 2.24) is 10.6 Å². The highest BCUT2D eigenvalue weighted by Crippen LogP contribution is 2.35. The van der Waals surface area contributed by atoms with Crippen LogP contribution in [0.15, 0.2) is 24.3 Å². The third-order valence-corrected chi connectivity index (χ3v) is 2.99. The lowest BCUT2D eigenvalue weighted by Gasteiger charge is -2.18. The van der Waals surface area contributed by atoms with Crippen LogP contribution in [0.3, 0.4) is 0 Å². The molecule has 0 aliphatic heterocycles. The Bertz CT molecular complexity index is 452. The fraction of sp³-hybridized carbons (Fsp3) is 0.500. The number of alkyl halides is 3. The summed E-state index contributed by atoms with van der Waals surface area (Å²) in [7, 11) is 1.76. The number of hydrogen-bond acceptors (Lipinski definition) is 2. The molecule has 1 aromatic carbocycles. The first-order valence-electron chi connectivity index (χ1n) is 6.43. The molecule has 21 heavy (non-hydrogen) atoms. The lowest BCUT2D eigenvalue weighted by Crippen LogP contribution is -2.31. The van der Waals surface area contributed by atoms with Gasteiger partial charge in [0.2, 0.25) is 5.91 Å². The van der Waals surface area contributed by atoms with E-state index in [-0.39, 0.29) is 30.3 Å². The van der Waals surface area contributed by atoms with E-state index in [4.69, 9.17) is 0 Å². The van der Waals surface area contributed by atoms with Crippen molar-refractivity contribution >= 4 is 18.3 Å². The van der Waals surface area contributed by atoms with Gasteiger partial charge < -0.3 is 10.6 Å². The van der Waals surface area contributed by atoms with E-state index in [1.165, 1.54) is 12.1 Å². The molecule has 0 heterocycles. The molecule has 0 radical (unpaired) electrons. The van der Waals surface area contributed by atoms with Crippen LogP contribution in [-0.4, -0.2) is 26.0 Å². The van der Waals surface area contributed by atoms with E-state index in [9.17, 15) is 18.0 Å². The minimum atomic E-state index is -4.40. The highest BCUT2D eigenvalue weighted by atomic mass is 35.5. The topological polar surface area (TPSA) is 41.1 Å². The molecule has 0 aromatic heterocycles. The van der Waals surface area contributed by atoms with E-state index >= 15 is 0 Å². The largest absolute Gasteiger partial charge is 0.416 e. The maximum atomic E-state index is 12.9. The summed E-state index contributed by atoms with van der Waals surface area (Å²) in [6.07, 6.45) is -4.36. The van der Waals surface area contributed by atoms with Gasteiger partial charge in [0.15, 0.2) is 0 Å². The molecule has 0 aliphatic carbocycles. The predicted molar refractivity (Wildman–Crippen MR) is 78.7 cm³/mol. The average molecular weight is 325 g/mol. The van der Waals surface area contributed by atoms with Crippen LogP contribution in [0.1, 0.15) is 30.4 Å². The summed E-state index contributed by atoms with van der Waals surface area (Å²) in [6, 6.07) is 5.38. The van der Waals surface area contributed by atoms with Gasteiger partial charge in [0, 0.05) is 19.5 Å². The molecule has 0 bridgehead atoms. The minimum Gasteiger partial charge on any atom is -0.355 e. The Hall–Kier alpha value is -1.27. The average Bonchev–Trinajstić information content (AvgIpc) is 2.38. The molecule has 2 N–H and O–H groups in total. The van der Waals surface area contributed by atoms with Crippen molar-refractivity contribution in [1.29, 1.82) is 0 Å². The Morgan fingerprint density at radius 1 is 1.24 bits per heavy atom. The van der Waals surface area contributed by atoms with Crippen LogP contribution in [-0.2, 0) is 11.0 Å². The molecule has 1 atom stereocenters. The molecule has 0 spiro atoms. The van der Waals surface area contributed by atoms with Crippen LogP contribution >= 0.6 is 12.4 Å². The lowest BCUT2D eigenvalue weighted by atomic mass is 9.92. The van der Waals surface area contributed by atoms with Gasteiger partial charge in [-0.3, -0.25) is 4.79 Å². The van der Waals surface area contributed by atoms with Crippen LogP contribution in [0.4, 0.5) is 13.2 Å². The zero-order valence-electron chi connectivity index (χ0n) is 12.0. The molecule has 1 rings (SSSR count). The van der Waals surface area contributed by atoms with Crippen LogP contribution in [0, 0.1) is 0 Å². The number of amides is 1. The van der Waals surface area contributed by atoms with Gasteiger partial charge in [0.25, 0.3) is 0 Å². The zero-order valence-corrected chi connectivity index (χ0v) is 12.8. The van der Waals surface area contributed by atoms with Gasteiger partial charge in [0.1, 0.15) is 0 Å². The summed E-state index contributed by atoms with van der Waals surface area (Å²) in [6.45, 7) is 2.71. The van der Waals surface area contributed by atoms with E-state index in [0.29, 0.717) is 13.1 Å². The molecule has 1 amide bonds. The van der Waals surface area contributed by atoms with Crippen molar-refractivity contribution < 1.29 is 18.0 Å². The number of likely N-dealkylation sites (N-methyl/N-ethyl adjacent to an activating group) is 1. The second-order valence-corrected chi connectivity index (χ2v) is 4.64. The first-order valence-corrected chi connectivity index (χ1v) is 6.43. The molecule has 0 fully saturated rings. The smallest absolute Gasteiger partial charge is 0.355 e. The van der Waals surface area contributed by atoms with Crippen molar-refractivity contribution in [3.8, 4) is 0 Å². The second-order valence-electron chi connectivity index (χ2n) is 4.64. The van der Waals surface area contributed by atoms with Crippen molar-refractivity contribution in [3.63, 3.8) is 0 Å². The van der Waals surface area contributed by atoms with E-state index in [1.807, 2.05) is 0 Å². The van der Waals surface area contributed by atoms with Crippen LogP contribution < -0.4 is 10.6 Å². The van der Waals surface area contributed by atoms with E-state index in [2.05, 4.69) is 10.6 Å². The number of carbonyl (C=O) groups excluding carboxylic acids is 1. The molecule has 3 nitrogen and oxygen atoms in total. The standard InChI is InChI=1S/C14H19F3N2O.ClH/c1-10(9-13(20)19-8-7-18-2)11-5-3-4-6-12(11)14(15,16)17;/h3-6,10,18H,7-9H2,1-2H3,(H,19,20);1H. The van der Waals surface area contributed by atoms with Gasteiger partial charge in [0.05, 0.1) is 5.56 Å². The molecule has 1 aromatic rings. The van der Waals surface area contributed by atoms with Crippen molar-refractivity contribution in [2.75, 3.05) is 20.1 Å². The van der Waals surface area contributed by atoms with Crippen molar-refractivity contribution in [2.24, 2.45) is 0 Å². The fourth-order valence-electron chi connectivity index (χ4n) is 1.97. The number of halogens is 4. The van der Waals surface area contributed by atoms with E-state index in [0.717, 1.165) is 6.07 Å². The molecular weight excluding hydrogens is 305 g/mol. The van der Waals surface area contributed by atoms with Gasteiger partial charge >= 0.3 is 6.18 Å². The lowest BCUT2D eigenvalue weighted by molar-refractivity contribution is -0.138. The zero-order chi connectivity index (χ0) is 15.2. The van der Waals surface area contributed by atoms with Gasteiger partial charge in [-0.15, -0.1) is 12.4 Å². The highest BCUT2D eigenvalue weighted by molar-refractivity contribution is 5.85. The first kappa shape index (κ1) is 19.7. The molecule has 0 saturated heterocycles. The SMILES string of the molecule is CNCCNC(=O)CC(C)c1ccccc1C(F)(F)F.Cl. The minimum absolute atomic E-state index is 0. The first-order chi connectivity index (χ1) is 9.36. The van der Waals surface area contributed by atoms with E-state index < -0.39 is 17.7 Å².